The van der Waals surface area contributed by atoms with Crippen LogP contribution in [0.4, 0.5) is 10.5 Å². The van der Waals surface area contributed by atoms with Gasteiger partial charge in [-0.15, -0.1) is 0 Å². The van der Waals surface area contributed by atoms with Gasteiger partial charge in [0.05, 0.1) is 4.92 Å². The van der Waals surface area contributed by atoms with Crippen LogP contribution in [0, 0.1) is 10.1 Å². The van der Waals surface area contributed by atoms with Crippen LogP contribution < -0.4 is 5.32 Å². The number of benzene rings is 1. The molecule has 0 heterocycles. The minimum atomic E-state index is -1.11. The lowest BCUT2D eigenvalue weighted by Gasteiger charge is -2.23. The Morgan fingerprint density at radius 3 is 2.34 bits per heavy atom. The fourth-order valence-electron chi connectivity index (χ4n) is 3.18. The number of nitrogens with one attached hydrogen (secondary N) is 1. The lowest BCUT2D eigenvalue weighted by molar-refractivity contribution is -0.384. The fraction of sp³-hybridized carbons (Fsp3) is 0.591. The first kappa shape index (κ1) is 25.1. The minimum absolute atomic E-state index is 0.0100. The average molecular weight is 450 g/mol. The molecule has 1 fully saturated rings. The number of alkyl carbamates (subject to hydrolysis) is 1. The summed E-state index contributed by atoms with van der Waals surface area (Å²) in [6, 6.07) is 4.44. The van der Waals surface area contributed by atoms with Crippen LogP contribution in [0.25, 0.3) is 0 Å². The standard InChI is InChI=1S/C22H30N2O8/c1-22(2,3)32-21(27)23-18(12-13-19(25)31-17-6-4-5-7-17)20(26)30-14-15-8-10-16(11-9-15)24(28)29/h8-11,17-18H,4-7,12-14H2,1-3H3,(H,23,27)/t18-/m0/s1. The Morgan fingerprint density at radius 1 is 1.16 bits per heavy atom. The van der Waals surface area contributed by atoms with E-state index in [9.17, 15) is 24.5 Å². The number of nitro benzene ring substituents is 1. The van der Waals surface area contributed by atoms with Gasteiger partial charge in [-0.2, -0.15) is 0 Å². The maximum Gasteiger partial charge on any atom is 0.408 e. The van der Waals surface area contributed by atoms with E-state index in [0.29, 0.717) is 5.56 Å². The first-order chi connectivity index (χ1) is 15.0. The Hall–Kier alpha value is -3.17. The molecule has 0 aliphatic heterocycles. The maximum atomic E-state index is 12.6. The summed E-state index contributed by atoms with van der Waals surface area (Å²) in [5, 5.41) is 13.2. The predicted molar refractivity (Wildman–Crippen MR) is 114 cm³/mol. The SMILES string of the molecule is CC(C)(C)OC(=O)N[C@@H](CCC(=O)OC1CCCC1)C(=O)OCc1ccc([N+](=O)[O-])cc1. The van der Waals surface area contributed by atoms with Gasteiger partial charge in [-0.25, -0.2) is 9.59 Å². The number of amides is 1. The van der Waals surface area contributed by atoms with Crippen LogP contribution in [0.5, 0.6) is 0 Å². The third-order valence-electron chi connectivity index (χ3n) is 4.74. The third kappa shape index (κ3) is 8.91. The molecule has 0 spiro atoms. The van der Waals surface area contributed by atoms with Gasteiger partial charge in [-0.1, -0.05) is 0 Å². The van der Waals surface area contributed by atoms with Gasteiger partial charge in [-0.05, 0) is 70.6 Å². The van der Waals surface area contributed by atoms with Crippen LogP contribution in [0.3, 0.4) is 0 Å². The number of carbonyl (C=O) groups is 3. The summed E-state index contributed by atoms with van der Waals surface area (Å²) >= 11 is 0. The number of nitro groups is 1. The zero-order chi connectivity index (χ0) is 23.7. The number of ether oxygens (including phenoxy) is 3. The Balaban J connectivity index is 1.94. The van der Waals surface area contributed by atoms with Gasteiger partial charge in [0.25, 0.3) is 5.69 Å². The van der Waals surface area contributed by atoms with Crippen LogP contribution in [-0.4, -0.2) is 40.7 Å². The van der Waals surface area contributed by atoms with E-state index in [0.717, 1.165) is 25.7 Å². The number of rotatable bonds is 9. The summed E-state index contributed by atoms with van der Waals surface area (Å²) in [7, 11) is 0. The zero-order valence-electron chi connectivity index (χ0n) is 18.6. The molecule has 176 valence electrons. The zero-order valence-corrected chi connectivity index (χ0v) is 18.6. The van der Waals surface area contributed by atoms with Crippen molar-refractivity contribution in [2.24, 2.45) is 0 Å². The molecule has 1 saturated carbocycles. The molecule has 32 heavy (non-hydrogen) atoms. The van der Waals surface area contributed by atoms with Gasteiger partial charge >= 0.3 is 18.0 Å². The lowest BCUT2D eigenvalue weighted by Crippen LogP contribution is -2.44. The normalized spacial score (nSPS) is 15.0. The van der Waals surface area contributed by atoms with Gasteiger partial charge in [0.15, 0.2) is 0 Å². The van der Waals surface area contributed by atoms with Crippen molar-refractivity contribution in [2.75, 3.05) is 0 Å². The van der Waals surface area contributed by atoms with E-state index < -0.39 is 34.6 Å². The van der Waals surface area contributed by atoms with E-state index in [1.165, 1.54) is 24.3 Å². The predicted octanol–water partition coefficient (Wildman–Crippen LogP) is 3.80. The molecule has 0 aromatic heterocycles. The highest BCUT2D eigenvalue weighted by atomic mass is 16.6. The highest BCUT2D eigenvalue weighted by molar-refractivity contribution is 5.82. The van der Waals surface area contributed by atoms with Crippen molar-refractivity contribution in [1.29, 1.82) is 0 Å². The van der Waals surface area contributed by atoms with E-state index in [4.69, 9.17) is 14.2 Å². The number of nitrogens with zero attached hydrogens (tertiary/aromatic N) is 1. The number of esters is 2. The van der Waals surface area contributed by atoms with Crippen molar-refractivity contribution in [3.05, 3.63) is 39.9 Å². The van der Waals surface area contributed by atoms with Gasteiger partial charge in [0.2, 0.25) is 0 Å². The second kappa shape index (κ2) is 11.4. The van der Waals surface area contributed by atoms with Crippen molar-refractivity contribution in [3.63, 3.8) is 0 Å². The molecule has 1 atom stereocenters. The summed E-state index contributed by atoms with van der Waals surface area (Å²) in [6.07, 6.45) is 2.75. The summed E-state index contributed by atoms with van der Waals surface area (Å²) in [6.45, 7) is 4.92. The molecule has 2 rings (SSSR count). The van der Waals surface area contributed by atoms with E-state index in [-0.39, 0.29) is 31.2 Å². The third-order valence-corrected chi connectivity index (χ3v) is 4.74. The molecule has 0 saturated heterocycles. The minimum Gasteiger partial charge on any atom is -0.462 e. The van der Waals surface area contributed by atoms with Gasteiger partial charge in [0.1, 0.15) is 24.4 Å². The average Bonchev–Trinajstić information content (AvgIpc) is 3.21. The molecular weight excluding hydrogens is 420 g/mol. The van der Waals surface area contributed by atoms with Crippen LogP contribution >= 0.6 is 0 Å². The number of carbonyl (C=O) groups excluding carboxylic acids is 3. The van der Waals surface area contributed by atoms with E-state index in [2.05, 4.69) is 5.32 Å². The molecule has 10 nitrogen and oxygen atoms in total. The van der Waals surface area contributed by atoms with Crippen molar-refractivity contribution < 1.29 is 33.5 Å². The largest absolute Gasteiger partial charge is 0.462 e. The molecule has 10 heteroatoms. The topological polar surface area (TPSA) is 134 Å². The van der Waals surface area contributed by atoms with Crippen LogP contribution in [0.2, 0.25) is 0 Å². The Labute approximate surface area is 186 Å². The first-order valence-electron chi connectivity index (χ1n) is 10.6. The number of hydrogen-bond donors (Lipinski definition) is 1. The molecule has 1 aliphatic carbocycles. The maximum absolute atomic E-state index is 12.6. The molecule has 1 amide bonds. The van der Waals surface area contributed by atoms with Crippen LogP contribution in [0.1, 0.15) is 64.9 Å². The molecule has 1 N–H and O–H groups in total. The van der Waals surface area contributed by atoms with Gasteiger partial charge < -0.3 is 19.5 Å². The quantitative estimate of drug-likeness (QED) is 0.260. The second-order valence-electron chi connectivity index (χ2n) is 8.67. The molecule has 1 aromatic carbocycles. The molecule has 0 unspecified atom stereocenters. The molecular formula is C22H30N2O8. The lowest BCUT2D eigenvalue weighted by atomic mass is 10.1. The highest BCUT2D eigenvalue weighted by Gasteiger charge is 2.27. The first-order valence-corrected chi connectivity index (χ1v) is 10.6. The molecule has 1 aliphatic rings. The van der Waals surface area contributed by atoms with Crippen molar-refractivity contribution >= 4 is 23.7 Å². The van der Waals surface area contributed by atoms with Crippen molar-refractivity contribution in [3.8, 4) is 0 Å². The second-order valence-corrected chi connectivity index (χ2v) is 8.67. The van der Waals surface area contributed by atoms with Gasteiger partial charge in [-0.3, -0.25) is 14.9 Å². The van der Waals surface area contributed by atoms with Crippen molar-refractivity contribution in [2.45, 2.75) is 83.6 Å². The number of non-ortho nitro benzene ring substituents is 1. The molecule has 1 aromatic rings. The Morgan fingerprint density at radius 2 is 1.78 bits per heavy atom. The number of hydrogen-bond acceptors (Lipinski definition) is 8. The van der Waals surface area contributed by atoms with E-state index >= 15 is 0 Å². The molecule has 0 bridgehead atoms. The highest BCUT2D eigenvalue weighted by Crippen LogP contribution is 2.21. The van der Waals surface area contributed by atoms with Gasteiger partial charge in [0, 0.05) is 18.6 Å². The monoisotopic (exact) mass is 450 g/mol. The Kier molecular flexibility index (Phi) is 8.98. The fourth-order valence-corrected chi connectivity index (χ4v) is 3.18. The van der Waals surface area contributed by atoms with Crippen LogP contribution in [-0.2, 0) is 30.4 Å². The van der Waals surface area contributed by atoms with Crippen molar-refractivity contribution in [1.82, 2.24) is 5.32 Å². The summed E-state index contributed by atoms with van der Waals surface area (Å²) in [5.41, 5.74) is -0.301. The van der Waals surface area contributed by atoms with E-state index in [1.54, 1.807) is 20.8 Å². The summed E-state index contributed by atoms with van der Waals surface area (Å²) in [5.74, 6) is -1.18. The molecule has 0 radical (unpaired) electrons. The van der Waals surface area contributed by atoms with Crippen LogP contribution in [0.15, 0.2) is 24.3 Å². The summed E-state index contributed by atoms with van der Waals surface area (Å²) in [4.78, 5) is 47.1. The summed E-state index contributed by atoms with van der Waals surface area (Å²) < 4.78 is 15.8. The van der Waals surface area contributed by atoms with E-state index in [1.807, 2.05) is 0 Å². The smallest absolute Gasteiger partial charge is 0.408 e. The Bertz CT molecular complexity index is 810.